The van der Waals surface area contributed by atoms with Crippen LogP contribution in [0.25, 0.3) is 0 Å². The van der Waals surface area contributed by atoms with E-state index in [-0.39, 0.29) is 5.41 Å². The van der Waals surface area contributed by atoms with Crippen molar-refractivity contribution in [3.8, 4) is 0 Å². The van der Waals surface area contributed by atoms with Gasteiger partial charge in [-0.05, 0) is 32.1 Å². The SMILES string of the molecule is ClCC1(CCCC2CCCO2)CCOC1. The van der Waals surface area contributed by atoms with Crippen LogP contribution in [-0.2, 0) is 9.47 Å². The van der Waals surface area contributed by atoms with Crippen molar-refractivity contribution in [3.05, 3.63) is 0 Å². The molecule has 0 N–H and O–H groups in total. The van der Waals surface area contributed by atoms with Crippen molar-refractivity contribution in [2.45, 2.75) is 44.6 Å². The van der Waals surface area contributed by atoms with Crippen LogP contribution in [0, 0.1) is 5.41 Å². The van der Waals surface area contributed by atoms with E-state index >= 15 is 0 Å². The molecule has 2 atom stereocenters. The molecule has 0 aromatic rings. The molecule has 2 aliphatic heterocycles. The summed E-state index contributed by atoms with van der Waals surface area (Å²) in [4.78, 5) is 0. The van der Waals surface area contributed by atoms with Crippen molar-refractivity contribution >= 4 is 11.6 Å². The summed E-state index contributed by atoms with van der Waals surface area (Å²) in [6.45, 7) is 2.73. The number of hydrogen-bond donors (Lipinski definition) is 0. The van der Waals surface area contributed by atoms with Gasteiger partial charge in [-0.3, -0.25) is 0 Å². The molecule has 0 aliphatic carbocycles. The van der Waals surface area contributed by atoms with E-state index in [1.807, 2.05) is 0 Å². The van der Waals surface area contributed by atoms with Crippen LogP contribution < -0.4 is 0 Å². The van der Waals surface area contributed by atoms with Crippen molar-refractivity contribution < 1.29 is 9.47 Å². The first-order valence-electron chi connectivity index (χ1n) is 6.10. The highest BCUT2D eigenvalue weighted by molar-refractivity contribution is 6.18. The van der Waals surface area contributed by atoms with Crippen LogP contribution in [0.4, 0.5) is 0 Å². The van der Waals surface area contributed by atoms with Gasteiger partial charge in [0.25, 0.3) is 0 Å². The highest BCUT2D eigenvalue weighted by atomic mass is 35.5. The molecule has 2 saturated heterocycles. The van der Waals surface area contributed by atoms with Gasteiger partial charge in [0, 0.05) is 24.5 Å². The van der Waals surface area contributed by atoms with Gasteiger partial charge in [0.1, 0.15) is 0 Å². The molecular formula is C12H21ClO2. The maximum absolute atomic E-state index is 6.05. The molecule has 0 saturated carbocycles. The van der Waals surface area contributed by atoms with Crippen LogP contribution in [-0.4, -0.2) is 31.8 Å². The van der Waals surface area contributed by atoms with Gasteiger partial charge in [-0.15, -0.1) is 11.6 Å². The number of alkyl halides is 1. The summed E-state index contributed by atoms with van der Waals surface area (Å²) in [6.07, 6.45) is 7.82. The molecule has 2 heterocycles. The molecule has 0 radical (unpaired) electrons. The molecule has 2 aliphatic rings. The predicted octanol–water partition coefficient (Wildman–Crippen LogP) is 2.98. The van der Waals surface area contributed by atoms with E-state index in [0.29, 0.717) is 6.10 Å². The van der Waals surface area contributed by atoms with Crippen LogP contribution in [0.3, 0.4) is 0 Å². The third-order valence-corrected chi connectivity index (χ3v) is 4.29. The molecule has 2 rings (SSSR count). The second kappa shape index (κ2) is 5.51. The smallest absolute Gasteiger partial charge is 0.0576 e. The van der Waals surface area contributed by atoms with Gasteiger partial charge in [0.2, 0.25) is 0 Å². The lowest BCUT2D eigenvalue weighted by Gasteiger charge is -2.24. The van der Waals surface area contributed by atoms with Crippen molar-refractivity contribution in [1.82, 2.24) is 0 Å². The second-order valence-corrected chi connectivity index (χ2v) is 5.23. The van der Waals surface area contributed by atoms with Crippen molar-refractivity contribution in [1.29, 1.82) is 0 Å². The van der Waals surface area contributed by atoms with E-state index in [1.165, 1.54) is 32.1 Å². The zero-order chi connectivity index (χ0) is 10.6. The first-order valence-corrected chi connectivity index (χ1v) is 6.63. The van der Waals surface area contributed by atoms with Gasteiger partial charge in [0.05, 0.1) is 12.7 Å². The van der Waals surface area contributed by atoms with Crippen molar-refractivity contribution in [3.63, 3.8) is 0 Å². The van der Waals surface area contributed by atoms with Crippen molar-refractivity contribution in [2.24, 2.45) is 5.41 Å². The molecular weight excluding hydrogens is 212 g/mol. The van der Waals surface area contributed by atoms with Crippen LogP contribution >= 0.6 is 11.6 Å². The standard InChI is InChI=1S/C12H21ClO2/c13-9-12(6-8-14-10-12)5-1-3-11-4-2-7-15-11/h11H,1-10H2. The molecule has 0 aromatic heterocycles. The van der Waals surface area contributed by atoms with Gasteiger partial charge in [0.15, 0.2) is 0 Å². The normalized spacial score (nSPS) is 36.2. The summed E-state index contributed by atoms with van der Waals surface area (Å²) < 4.78 is 11.1. The van der Waals surface area contributed by atoms with Crippen molar-refractivity contribution in [2.75, 3.05) is 25.7 Å². The third kappa shape index (κ3) is 3.08. The quantitative estimate of drug-likeness (QED) is 0.679. The summed E-state index contributed by atoms with van der Waals surface area (Å²) in [5.74, 6) is 0.749. The average molecular weight is 233 g/mol. The lowest BCUT2D eigenvalue weighted by molar-refractivity contribution is 0.0962. The van der Waals surface area contributed by atoms with E-state index in [4.69, 9.17) is 21.1 Å². The largest absolute Gasteiger partial charge is 0.381 e. The Morgan fingerprint density at radius 2 is 2.27 bits per heavy atom. The number of halogens is 1. The summed E-state index contributed by atoms with van der Waals surface area (Å²) in [5.41, 5.74) is 0.278. The minimum absolute atomic E-state index is 0.278. The Bertz CT molecular complexity index is 184. The molecule has 15 heavy (non-hydrogen) atoms. The van der Waals surface area contributed by atoms with E-state index in [1.54, 1.807) is 0 Å². The zero-order valence-corrected chi connectivity index (χ0v) is 10.1. The molecule has 2 unspecified atom stereocenters. The van der Waals surface area contributed by atoms with E-state index in [0.717, 1.165) is 32.1 Å². The average Bonchev–Trinajstić information content (AvgIpc) is 2.89. The highest BCUT2D eigenvalue weighted by Gasteiger charge is 2.33. The molecule has 88 valence electrons. The molecule has 3 heteroatoms. The minimum atomic E-state index is 0.278. The lowest BCUT2D eigenvalue weighted by Crippen LogP contribution is -2.23. The molecule has 0 amide bonds. The topological polar surface area (TPSA) is 18.5 Å². The van der Waals surface area contributed by atoms with Crippen LogP contribution in [0.2, 0.25) is 0 Å². The zero-order valence-electron chi connectivity index (χ0n) is 9.34. The first-order chi connectivity index (χ1) is 7.35. The molecule has 0 spiro atoms. The Labute approximate surface area is 97.3 Å². The van der Waals surface area contributed by atoms with Gasteiger partial charge < -0.3 is 9.47 Å². The Morgan fingerprint density at radius 3 is 2.87 bits per heavy atom. The Balaban J connectivity index is 1.67. The molecule has 0 aromatic carbocycles. The van der Waals surface area contributed by atoms with E-state index in [2.05, 4.69) is 0 Å². The van der Waals surface area contributed by atoms with Gasteiger partial charge in [-0.1, -0.05) is 6.42 Å². The molecule has 2 fully saturated rings. The molecule has 2 nitrogen and oxygen atoms in total. The lowest BCUT2D eigenvalue weighted by atomic mass is 9.83. The Kier molecular flexibility index (Phi) is 4.30. The van der Waals surface area contributed by atoms with Crippen LogP contribution in [0.15, 0.2) is 0 Å². The Morgan fingerprint density at radius 1 is 1.33 bits per heavy atom. The maximum Gasteiger partial charge on any atom is 0.0576 e. The number of ether oxygens (including phenoxy) is 2. The number of rotatable bonds is 5. The third-order valence-electron chi connectivity index (χ3n) is 3.73. The summed E-state index contributed by atoms with van der Waals surface area (Å²) in [6, 6.07) is 0. The summed E-state index contributed by atoms with van der Waals surface area (Å²) in [7, 11) is 0. The minimum Gasteiger partial charge on any atom is -0.381 e. The maximum atomic E-state index is 6.05. The van der Waals surface area contributed by atoms with E-state index in [9.17, 15) is 0 Å². The molecule has 0 bridgehead atoms. The van der Waals surface area contributed by atoms with Gasteiger partial charge in [-0.2, -0.15) is 0 Å². The summed E-state index contributed by atoms with van der Waals surface area (Å²) >= 11 is 6.05. The first kappa shape index (κ1) is 11.7. The monoisotopic (exact) mass is 232 g/mol. The van der Waals surface area contributed by atoms with Gasteiger partial charge >= 0.3 is 0 Å². The van der Waals surface area contributed by atoms with Crippen LogP contribution in [0.5, 0.6) is 0 Å². The highest BCUT2D eigenvalue weighted by Crippen LogP contribution is 2.36. The fourth-order valence-corrected chi connectivity index (χ4v) is 2.94. The Hall–Kier alpha value is 0.210. The fourth-order valence-electron chi connectivity index (χ4n) is 2.60. The van der Waals surface area contributed by atoms with E-state index < -0.39 is 0 Å². The predicted molar refractivity (Wildman–Crippen MR) is 61.4 cm³/mol. The summed E-state index contributed by atoms with van der Waals surface area (Å²) in [5, 5.41) is 0. The van der Waals surface area contributed by atoms with Crippen LogP contribution in [0.1, 0.15) is 38.5 Å². The fraction of sp³-hybridized carbons (Fsp3) is 1.00. The number of hydrogen-bond acceptors (Lipinski definition) is 2. The second-order valence-electron chi connectivity index (χ2n) is 4.96. The van der Waals surface area contributed by atoms with Gasteiger partial charge in [-0.25, -0.2) is 0 Å².